The van der Waals surface area contributed by atoms with Gasteiger partial charge in [0.2, 0.25) is 15.9 Å². The summed E-state index contributed by atoms with van der Waals surface area (Å²) in [5, 5.41) is 2.79. The second-order valence-electron chi connectivity index (χ2n) is 7.61. The Morgan fingerprint density at radius 2 is 1.74 bits per heavy atom. The normalized spacial score (nSPS) is 13.6. The molecule has 168 valence electrons. The highest BCUT2D eigenvalue weighted by atomic mass is 32.2. The highest BCUT2D eigenvalue weighted by Gasteiger charge is 2.19. The number of hydrogen-bond donors (Lipinski definition) is 2. The van der Waals surface area contributed by atoms with Gasteiger partial charge in [-0.1, -0.05) is 12.1 Å². The Bertz CT molecular complexity index is 991. The van der Waals surface area contributed by atoms with Crippen molar-refractivity contribution in [1.82, 2.24) is 9.62 Å². The first-order valence-corrected chi connectivity index (χ1v) is 11.7. The molecule has 1 aliphatic rings. The fourth-order valence-corrected chi connectivity index (χ4v) is 4.07. The van der Waals surface area contributed by atoms with Gasteiger partial charge in [-0.25, -0.2) is 13.1 Å². The van der Waals surface area contributed by atoms with Crippen molar-refractivity contribution < 1.29 is 22.7 Å². The van der Waals surface area contributed by atoms with E-state index in [1.54, 1.807) is 6.07 Å². The van der Waals surface area contributed by atoms with E-state index >= 15 is 0 Å². The lowest BCUT2D eigenvalue weighted by molar-refractivity contribution is -0.116. The topological polar surface area (TPSA) is 97.0 Å². The predicted octanol–water partition coefficient (Wildman–Crippen LogP) is 2.26. The average molecular weight is 448 g/mol. The molecule has 31 heavy (non-hydrogen) atoms. The van der Waals surface area contributed by atoms with E-state index in [-0.39, 0.29) is 23.8 Å². The molecule has 0 bridgehead atoms. The molecule has 2 aromatic rings. The number of ether oxygens (including phenoxy) is 2. The lowest BCUT2D eigenvalue weighted by atomic mass is 10.1. The molecule has 0 radical (unpaired) electrons. The number of sulfonamides is 1. The number of nitrogens with zero attached hydrogens (tertiary/aromatic N) is 1. The minimum absolute atomic E-state index is 0.0104. The lowest BCUT2D eigenvalue weighted by Gasteiger charge is -2.11. The van der Waals surface area contributed by atoms with E-state index in [2.05, 4.69) is 14.9 Å². The van der Waals surface area contributed by atoms with Gasteiger partial charge in [0.05, 0.1) is 18.1 Å². The first-order valence-electron chi connectivity index (χ1n) is 10.3. The summed E-state index contributed by atoms with van der Waals surface area (Å²) in [6.07, 6.45) is 1.69. The number of benzene rings is 2. The summed E-state index contributed by atoms with van der Waals surface area (Å²) in [4.78, 5) is 14.4. The smallest absolute Gasteiger partial charge is 0.240 e. The molecule has 0 aromatic heterocycles. The van der Waals surface area contributed by atoms with Crippen molar-refractivity contribution in [3.8, 4) is 11.5 Å². The van der Waals surface area contributed by atoms with Crippen molar-refractivity contribution in [1.29, 1.82) is 0 Å². The SMILES string of the molecule is CN(C)CCc1ccc(NC(=O)CCNS(=O)(=O)c2ccc3c(c2)OCCCO3)cc1. The zero-order chi connectivity index (χ0) is 22.3. The minimum atomic E-state index is -3.76. The molecule has 1 amide bonds. The Hall–Kier alpha value is -2.62. The molecule has 8 nitrogen and oxygen atoms in total. The van der Waals surface area contributed by atoms with E-state index in [0.717, 1.165) is 19.4 Å². The third kappa shape index (κ3) is 6.95. The number of carbonyl (C=O) groups excluding carboxylic acids is 1. The summed E-state index contributed by atoms with van der Waals surface area (Å²) in [7, 11) is 0.289. The molecule has 3 rings (SSSR count). The maximum atomic E-state index is 12.5. The Balaban J connectivity index is 1.49. The van der Waals surface area contributed by atoms with E-state index in [1.165, 1.54) is 17.7 Å². The monoisotopic (exact) mass is 447 g/mol. The van der Waals surface area contributed by atoms with E-state index < -0.39 is 10.0 Å². The van der Waals surface area contributed by atoms with Gasteiger partial charge < -0.3 is 19.7 Å². The van der Waals surface area contributed by atoms with Crippen LogP contribution in [0.25, 0.3) is 0 Å². The van der Waals surface area contributed by atoms with E-state index in [4.69, 9.17) is 9.47 Å². The van der Waals surface area contributed by atoms with Crippen LogP contribution in [0.5, 0.6) is 11.5 Å². The number of hydrogen-bond acceptors (Lipinski definition) is 6. The van der Waals surface area contributed by atoms with Crippen LogP contribution in [0.1, 0.15) is 18.4 Å². The number of fused-ring (bicyclic) bond motifs is 1. The maximum absolute atomic E-state index is 12.5. The number of rotatable bonds is 9. The van der Waals surface area contributed by atoms with Gasteiger partial charge in [-0.05, 0) is 50.3 Å². The lowest BCUT2D eigenvalue weighted by Crippen LogP contribution is -2.27. The average Bonchev–Trinajstić information content (AvgIpc) is 2.98. The quantitative estimate of drug-likeness (QED) is 0.612. The van der Waals surface area contributed by atoms with Gasteiger partial charge in [-0.15, -0.1) is 0 Å². The molecule has 0 saturated heterocycles. The van der Waals surface area contributed by atoms with Crippen molar-refractivity contribution >= 4 is 21.6 Å². The Morgan fingerprint density at radius 1 is 1.03 bits per heavy atom. The van der Waals surface area contributed by atoms with Gasteiger partial charge in [-0.3, -0.25) is 4.79 Å². The number of likely N-dealkylation sites (N-methyl/N-ethyl adjacent to an activating group) is 1. The van der Waals surface area contributed by atoms with E-state index in [1.807, 2.05) is 38.4 Å². The zero-order valence-corrected chi connectivity index (χ0v) is 18.7. The van der Waals surface area contributed by atoms with Crippen molar-refractivity contribution in [2.24, 2.45) is 0 Å². The number of carbonyl (C=O) groups is 1. The van der Waals surface area contributed by atoms with Gasteiger partial charge in [0.1, 0.15) is 0 Å². The summed E-state index contributed by atoms with van der Waals surface area (Å²) < 4.78 is 38.6. The van der Waals surface area contributed by atoms with Crippen molar-refractivity contribution in [2.75, 3.05) is 45.7 Å². The molecule has 0 unspecified atom stereocenters. The largest absolute Gasteiger partial charge is 0.490 e. The molecule has 1 heterocycles. The fourth-order valence-electron chi connectivity index (χ4n) is 3.02. The zero-order valence-electron chi connectivity index (χ0n) is 17.9. The summed E-state index contributed by atoms with van der Waals surface area (Å²) in [5.41, 5.74) is 1.87. The predicted molar refractivity (Wildman–Crippen MR) is 119 cm³/mol. The Kier molecular flexibility index (Phi) is 7.89. The molecule has 0 fully saturated rings. The molecule has 1 aliphatic heterocycles. The standard InChI is InChI=1S/C22H29N3O5S/c1-25(2)13-11-17-4-6-18(7-5-17)24-22(26)10-12-23-31(27,28)19-8-9-20-21(16-19)30-15-3-14-29-20/h4-9,16,23H,3,10-15H2,1-2H3,(H,24,26). The molecular weight excluding hydrogens is 418 g/mol. The molecule has 2 aromatic carbocycles. The number of anilines is 1. The van der Waals surface area contributed by atoms with Crippen LogP contribution >= 0.6 is 0 Å². The van der Waals surface area contributed by atoms with Crippen LogP contribution in [-0.2, 0) is 21.2 Å². The second kappa shape index (κ2) is 10.6. The van der Waals surface area contributed by atoms with Crippen LogP contribution in [0.3, 0.4) is 0 Å². The van der Waals surface area contributed by atoms with Crippen molar-refractivity contribution in [3.05, 3.63) is 48.0 Å². The van der Waals surface area contributed by atoms with Gasteiger partial charge >= 0.3 is 0 Å². The van der Waals surface area contributed by atoms with Crippen molar-refractivity contribution in [3.63, 3.8) is 0 Å². The maximum Gasteiger partial charge on any atom is 0.240 e. The fraction of sp³-hybridized carbons (Fsp3) is 0.409. The van der Waals surface area contributed by atoms with Crippen LogP contribution in [0.15, 0.2) is 47.4 Å². The highest BCUT2D eigenvalue weighted by molar-refractivity contribution is 7.89. The van der Waals surface area contributed by atoms with E-state index in [9.17, 15) is 13.2 Å². The number of amides is 1. The van der Waals surface area contributed by atoms with Gasteiger partial charge in [0, 0.05) is 37.7 Å². The summed E-state index contributed by atoms with van der Waals surface area (Å²) in [5.74, 6) is 0.679. The van der Waals surface area contributed by atoms with Crippen molar-refractivity contribution in [2.45, 2.75) is 24.2 Å². The van der Waals surface area contributed by atoms with Gasteiger partial charge in [-0.2, -0.15) is 0 Å². The summed E-state index contributed by atoms with van der Waals surface area (Å²) in [6, 6.07) is 12.2. The second-order valence-corrected chi connectivity index (χ2v) is 9.37. The van der Waals surface area contributed by atoms with Crippen LogP contribution in [0.4, 0.5) is 5.69 Å². The van der Waals surface area contributed by atoms with Crippen LogP contribution in [0.2, 0.25) is 0 Å². The third-order valence-electron chi connectivity index (χ3n) is 4.76. The molecule has 9 heteroatoms. The minimum Gasteiger partial charge on any atom is -0.490 e. The molecule has 2 N–H and O–H groups in total. The first kappa shape index (κ1) is 23.1. The van der Waals surface area contributed by atoms with Gasteiger partial charge in [0.15, 0.2) is 11.5 Å². The highest BCUT2D eigenvalue weighted by Crippen LogP contribution is 2.31. The van der Waals surface area contributed by atoms with Gasteiger partial charge in [0.25, 0.3) is 0 Å². The third-order valence-corrected chi connectivity index (χ3v) is 6.22. The first-order chi connectivity index (χ1) is 14.8. The van der Waals surface area contributed by atoms with Crippen LogP contribution < -0.4 is 19.5 Å². The van der Waals surface area contributed by atoms with Crippen LogP contribution in [0, 0.1) is 0 Å². The Labute approximate surface area is 183 Å². The summed E-state index contributed by atoms with van der Waals surface area (Å²) in [6.45, 7) is 1.95. The van der Waals surface area contributed by atoms with E-state index in [0.29, 0.717) is 30.4 Å². The summed E-state index contributed by atoms with van der Waals surface area (Å²) >= 11 is 0. The Morgan fingerprint density at radius 3 is 2.45 bits per heavy atom. The molecular formula is C22H29N3O5S. The molecule has 0 atom stereocenters. The molecule has 0 saturated carbocycles. The number of nitrogens with one attached hydrogen (secondary N) is 2. The molecule has 0 spiro atoms. The molecule has 0 aliphatic carbocycles. The van der Waals surface area contributed by atoms with Crippen LogP contribution in [-0.4, -0.2) is 59.6 Å².